The largest absolute Gasteiger partial charge is 0.454 e. The maximum Gasteiger partial charge on any atom is 0.232 e. The normalized spacial score (nSPS) is 13.2. The number of thiazole rings is 1. The highest BCUT2D eigenvalue weighted by molar-refractivity contribution is 8.01. The Bertz CT molecular complexity index is 1050. The molecule has 0 atom stereocenters. The monoisotopic (exact) mass is 436 g/mol. The number of nitrogens with zero attached hydrogens (tertiary/aromatic N) is 1. The molecule has 1 N–H and O–H groups in total. The number of benzene rings is 2. The van der Waals surface area contributed by atoms with Crippen molar-refractivity contribution in [3.63, 3.8) is 0 Å². The molecule has 0 saturated carbocycles. The number of rotatable bonds is 8. The van der Waals surface area contributed by atoms with Gasteiger partial charge in [0.25, 0.3) is 0 Å². The molecule has 1 aliphatic rings. The summed E-state index contributed by atoms with van der Waals surface area (Å²) in [5, 5.41) is 0. The Kier molecular flexibility index (Phi) is 5.65. The highest BCUT2D eigenvalue weighted by Crippen LogP contribution is 2.39. The lowest BCUT2D eigenvalue weighted by Crippen LogP contribution is -2.17. The van der Waals surface area contributed by atoms with Crippen LogP contribution >= 0.6 is 23.1 Å². The van der Waals surface area contributed by atoms with Crippen molar-refractivity contribution in [3.05, 3.63) is 42.0 Å². The van der Waals surface area contributed by atoms with Gasteiger partial charge in [0.05, 0.1) is 21.7 Å². The fourth-order valence-corrected chi connectivity index (χ4v) is 6.22. The van der Waals surface area contributed by atoms with Crippen LogP contribution in [0.1, 0.15) is 18.4 Å². The summed E-state index contributed by atoms with van der Waals surface area (Å²) < 4.78 is 40.0. The van der Waals surface area contributed by atoms with Gasteiger partial charge in [-0.1, -0.05) is 30.0 Å². The molecule has 0 saturated heterocycles. The molecule has 4 rings (SSSR count). The quantitative estimate of drug-likeness (QED) is 0.409. The second-order valence-electron chi connectivity index (χ2n) is 6.44. The van der Waals surface area contributed by atoms with Crippen LogP contribution in [0.5, 0.6) is 11.5 Å². The van der Waals surface area contributed by atoms with Gasteiger partial charge < -0.3 is 9.47 Å². The summed E-state index contributed by atoms with van der Waals surface area (Å²) in [6.45, 7) is 2.15. The minimum atomic E-state index is -3.33. The highest BCUT2D eigenvalue weighted by Gasteiger charge is 2.17. The van der Waals surface area contributed by atoms with Crippen molar-refractivity contribution in [1.82, 2.24) is 4.98 Å². The van der Waals surface area contributed by atoms with E-state index >= 15 is 0 Å². The molecule has 2 aromatic carbocycles. The molecule has 0 aliphatic carbocycles. The standard InChI is InChI=1S/C19H20N2O4S3/c1-13-6-2-3-7-14(13)21-28(22,23)9-5-4-8-26-19-20-15-10-16-17(25-12-24-16)11-18(15)27-19/h2-3,6-7,10-11,21H,4-5,8-9,12H2,1H3. The number of ether oxygens (including phenoxy) is 2. The van der Waals surface area contributed by atoms with Gasteiger partial charge in [-0.3, -0.25) is 4.72 Å². The third-order valence-electron chi connectivity index (χ3n) is 4.31. The van der Waals surface area contributed by atoms with Gasteiger partial charge in [0.15, 0.2) is 15.8 Å². The van der Waals surface area contributed by atoms with Gasteiger partial charge in [0.1, 0.15) is 0 Å². The Labute approximate surface area is 172 Å². The van der Waals surface area contributed by atoms with Crippen LogP contribution in [-0.2, 0) is 10.0 Å². The predicted octanol–water partition coefficient (Wildman–Crippen LogP) is 4.65. The summed E-state index contributed by atoms with van der Waals surface area (Å²) in [4.78, 5) is 4.62. The lowest BCUT2D eigenvalue weighted by molar-refractivity contribution is 0.174. The van der Waals surface area contributed by atoms with E-state index in [1.807, 2.05) is 37.3 Å². The zero-order valence-electron chi connectivity index (χ0n) is 15.3. The topological polar surface area (TPSA) is 77.5 Å². The maximum atomic E-state index is 12.2. The number of thioether (sulfide) groups is 1. The predicted molar refractivity (Wildman–Crippen MR) is 114 cm³/mol. The maximum absolute atomic E-state index is 12.2. The van der Waals surface area contributed by atoms with Gasteiger partial charge in [0.2, 0.25) is 16.8 Å². The fraction of sp³-hybridized carbons (Fsp3) is 0.316. The third kappa shape index (κ3) is 4.53. The molecular formula is C19H20N2O4S3. The second-order valence-corrected chi connectivity index (χ2v) is 10.7. The first-order chi connectivity index (χ1) is 13.5. The van der Waals surface area contributed by atoms with Gasteiger partial charge >= 0.3 is 0 Å². The molecule has 6 nitrogen and oxygen atoms in total. The van der Waals surface area contributed by atoms with Crippen LogP contribution in [0.25, 0.3) is 10.2 Å². The molecule has 3 aromatic rings. The molecular weight excluding hydrogens is 416 g/mol. The number of para-hydroxylation sites is 1. The zero-order chi connectivity index (χ0) is 19.6. The van der Waals surface area contributed by atoms with Crippen molar-refractivity contribution in [2.24, 2.45) is 0 Å². The van der Waals surface area contributed by atoms with Crippen LogP contribution in [0.3, 0.4) is 0 Å². The first kappa shape index (κ1) is 19.4. The summed E-state index contributed by atoms with van der Waals surface area (Å²) >= 11 is 3.27. The average molecular weight is 437 g/mol. The van der Waals surface area contributed by atoms with Gasteiger partial charge in [-0.15, -0.1) is 11.3 Å². The van der Waals surface area contributed by atoms with E-state index in [1.165, 1.54) is 0 Å². The molecule has 1 aromatic heterocycles. The minimum Gasteiger partial charge on any atom is -0.454 e. The number of unbranched alkanes of at least 4 members (excludes halogenated alkanes) is 1. The van der Waals surface area contributed by atoms with Crippen LogP contribution in [0.15, 0.2) is 40.7 Å². The Morgan fingerprint density at radius 1 is 1.18 bits per heavy atom. The highest BCUT2D eigenvalue weighted by atomic mass is 32.2. The minimum absolute atomic E-state index is 0.114. The molecule has 2 heterocycles. The Hall–Kier alpha value is -1.97. The number of fused-ring (bicyclic) bond motifs is 2. The SMILES string of the molecule is Cc1ccccc1NS(=O)(=O)CCCCSc1nc2cc3c(cc2s1)OCO3. The Balaban J connectivity index is 1.25. The van der Waals surface area contributed by atoms with Crippen molar-refractivity contribution in [2.45, 2.75) is 24.1 Å². The summed E-state index contributed by atoms with van der Waals surface area (Å²) in [5.41, 5.74) is 2.47. The summed E-state index contributed by atoms with van der Waals surface area (Å²) in [6.07, 6.45) is 1.41. The molecule has 9 heteroatoms. The van der Waals surface area contributed by atoms with Crippen LogP contribution in [0.4, 0.5) is 5.69 Å². The van der Waals surface area contributed by atoms with Crippen molar-refractivity contribution in [1.29, 1.82) is 0 Å². The van der Waals surface area contributed by atoms with Crippen molar-refractivity contribution in [3.8, 4) is 11.5 Å². The number of aryl methyl sites for hydroxylation is 1. The molecule has 0 unspecified atom stereocenters. The van der Waals surface area contributed by atoms with E-state index in [9.17, 15) is 8.42 Å². The van der Waals surface area contributed by atoms with Crippen molar-refractivity contribution in [2.75, 3.05) is 23.0 Å². The van der Waals surface area contributed by atoms with E-state index in [-0.39, 0.29) is 12.5 Å². The van der Waals surface area contributed by atoms with Gasteiger partial charge in [-0.05, 0) is 31.4 Å². The molecule has 148 valence electrons. The third-order valence-corrected chi connectivity index (χ3v) is 7.91. The average Bonchev–Trinajstić information content (AvgIpc) is 3.26. The van der Waals surface area contributed by atoms with E-state index < -0.39 is 10.0 Å². The lowest BCUT2D eigenvalue weighted by atomic mass is 10.2. The summed E-state index contributed by atoms with van der Waals surface area (Å²) in [7, 11) is -3.33. The number of nitrogens with one attached hydrogen (secondary N) is 1. The van der Waals surface area contributed by atoms with Crippen LogP contribution < -0.4 is 14.2 Å². The summed E-state index contributed by atoms with van der Waals surface area (Å²) in [6, 6.07) is 11.2. The van der Waals surface area contributed by atoms with Gasteiger partial charge in [0, 0.05) is 17.9 Å². The number of hydrogen-bond acceptors (Lipinski definition) is 7. The van der Waals surface area contributed by atoms with Crippen LogP contribution in [0, 0.1) is 6.92 Å². The molecule has 0 radical (unpaired) electrons. The van der Waals surface area contributed by atoms with Crippen molar-refractivity contribution >= 4 is 49.0 Å². The Morgan fingerprint density at radius 3 is 2.79 bits per heavy atom. The molecule has 0 fully saturated rings. The smallest absolute Gasteiger partial charge is 0.232 e. The first-order valence-corrected chi connectivity index (χ1v) is 12.3. The number of anilines is 1. The van der Waals surface area contributed by atoms with E-state index in [2.05, 4.69) is 9.71 Å². The molecule has 28 heavy (non-hydrogen) atoms. The van der Waals surface area contributed by atoms with E-state index in [1.54, 1.807) is 29.2 Å². The zero-order valence-corrected chi connectivity index (χ0v) is 17.8. The van der Waals surface area contributed by atoms with E-state index in [0.29, 0.717) is 12.1 Å². The van der Waals surface area contributed by atoms with E-state index in [4.69, 9.17) is 9.47 Å². The number of sulfonamides is 1. The van der Waals surface area contributed by atoms with Gasteiger partial charge in [-0.25, -0.2) is 13.4 Å². The number of hydrogen-bond donors (Lipinski definition) is 1. The van der Waals surface area contributed by atoms with Crippen molar-refractivity contribution < 1.29 is 17.9 Å². The second kappa shape index (κ2) is 8.18. The molecule has 0 spiro atoms. The molecule has 0 amide bonds. The first-order valence-electron chi connectivity index (χ1n) is 8.89. The molecule has 0 bridgehead atoms. The molecule has 1 aliphatic heterocycles. The van der Waals surface area contributed by atoms with E-state index in [0.717, 1.165) is 43.8 Å². The number of aromatic nitrogens is 1. The fourth-order valence-electron chi connectivity index (χ4n) is 2.82. The Morgan fingerprint density at radius 2 is 1.96 bits per heavy atom. The van der Waals surface area contributed by atoms with Crippen LogP contribution in [-0.4, -0.2) is 31.7 Å². The lowest BCUT2D eigenvalue weighted by Gasteiger charge is -2.10. The van der Waals surface area contributed by atoms with Gasteiger partial charge in [-0.2, -0.15) is 0 Å². The summed E-state index contributed by atoms with van der Waals surface area (Å²) in [5.74, 6) is 2.44. The van der Waals surface area contributed by atoms with Crippen LogP contribution in [0.2, 0.25) is 0 Å².